The van der Waals surface area contributed by atoms with Crippen molar-refractivity contribution in [2.45, 2.75) is 12.1 Å². The molecule has 1 aromatic rings. The zero-order valence-electron chi connectivity index (χ0n) is 9.01. The van der Waals surface area contributed by atoms with Gasteiger partial charge in [-0.15, -0.1) is 0 Å². The summed E-state index contributed by atoms with van der Waals surface area (Å²) in [6.07, 6.45) is 1.58. The highest BCUT2D eigenvalue weighted by atomic mass is 127. The van der Waals surface area contributed by atoms with Gasteiger partial charge in [-0.25, -0.2) is 0 Å². The van der Waals surface area contributed by atoms with E-state index in [9.17, 15) is 4.79 Å². The maximum Gasteiger partial charge on any atom is 0.264 e. The van der Waals surface area contributed by atoms with E-state index < -0.39 is 0 Å². The van der Waals surface area contributed by atoms with Gasteiger partial charge in [-0.2, -0.15) is 0 Å². The molecule has 1 saturated heterocycles. The molecule has 16 heavy (non-hydrogen) atoms. The van der Waals surface area contributed by atoms with Gasteiger partial charge in [0.15, 0.2) is 6.10 Å². The summed E-state index contributed by atoms with van der Waals surface area (Å²) in [6.45, 7) is 0. The number of hydrogen-bond donors (Lipinski definition) is 0. The van der Waals surface area contributed by atoms with Crippen LogP contribution in [0.15, 0.2) is 24.3 Å². The Hall–Kier alpha value is -0.270. The van der Waals surface area contributed by atoms with Crippen molar-refractivity contribution in [3.05, 3.63) is 33.4 Å². The Bertz CT molecular complexity index is 399. The highest BCUT2D eigenvalue weighted by molar-refractivity contribution is 14.1. The molecule has 1 fully saturated rings. The minimum Gasteiger partial charge on any atom is -0.369 e. The summed E-state index contributed by atoms with van der Waals surface area (Å²) < 4.78 is 8.18. The largest absolute Gasteiger partial charge is 0.369 e. The summed E-state index contributed by atoms with van der Waals surface area (Å²) in [6, 6.07) is 8.13. The fourth-order valence-electron chi connectivity index (χ4n) is 1.88. The number of hydrogen-bond acceptors (Lipinski definition) is 3. The predicted octanol–water partition coefficient (Wildman–Crippen LogP) is 2.47. The maximum atomic E-state index is 11.7. The van der Waals surface area contributed by atoms with Crippen molar-refractivity contribution >= 4 is 40.4 Å². The zero-order chi connectivity index (χ0) is 11.7. The molecule has 0 unspecified atom stereocenters. The molecule has 1 heterocycles. The van der Waals surface area contributed by atoms with Crippen molar-refractivity contribution in [1.29, 1.82) is 0 Å². The van der Waals surface area contributed by atoms with Crippen LogP contribution in [0.2, 0.25) is 0 Å². The van der Waals surface area contributed by atoms with Gasteiger partial charge < -0.3 is 4.74 Å². The molecule has 2 rings (SSSR count). The lowest BCUT2D eigenvalue weighted by atomic mass is 9.94. The minimum atomic E-state index is -0.330. The van der Waals surface area contributed by atoms with Gasteiger partial charge in [0.1, 0.15) is 6.04 Å². The second-order valence-corrected chi connectivity index (χ2v) is 5.39. The molecule has 86 valence electrons. The van der Waals surface area contributed by atoms with Crippen molar-refractivity contribution in [2.24, 2.45) is 0 Å². The normalized spacial score (nSPS) is 24.4. The first kappa shape index (κ1) is 12.2. The third kappa shape index (κ3) is 1.84. The highest BCUT2D eigenvalue weighted by Gasteiger charge is 2.49. The Labute approximate surface area is 113 Å². The molecule has 0 N–H and O–H groups in total. The molecule has 1 aliphatic heterocycles. The zero-order valence-corrected chi connectivity index (χ0v) is 12.0. The van der Waals surface area contributed by atoms with E-state index in [0.29, 0.717) is 0 Å². The molecule has 2 atom stereocenters. The average Bonchev–Trinajstić information content (AvgIpc) is 2.28. The van der Waals surface area contributed by atoms with Crippen LogP contribution in [0.5, 0.6) is 0 Å². The number of benzene rings is 1. The number of halogens is 1. The van der Waals surface area contributed by atoms with Crippen LogP contribution in [0.25, 0.3) is 0 Å². The Morgan fingerprint density at radius 2 is 2.12 bits per heavy atom. The second kappa shape index (κ2) is 4.93. The summed E-state index contributed by atoms with van der Waals surface area (Å²) in [7, 11) is 1.59. The van der Waals surface area contributed by atoms with Crippen LogP contribution < -0.4 is 0 Å². The highest BCUT2D eigenvalue weighted by Crippen LogP contribution is 2.42. The van der Waals surface area contributed by atoms with E-state index in [-0.39, 0.29) is 18.1 Å². The first-order valence-corrected chi connectivity index (χ1v) is 7.11. The van der Waals surface area contributed by atoms with Crippen LogP contribution in [0.1, 0.15) is 11.6 Å². The fourth-order valence-corrected chi connectivity index (χ4v) is 3.32. The van der Waals surface area contributed by atoms with E-state index in [1.807, 2.05) is 30.5 Å². The van der Waals surface area contributed by atoms with E-state index in [2.05, 4.69) is 22.6 Å². The number of ether oxygens (including phenoxy) is 1. The number of β-lactam (4-membered cyclic amide) rings is 1. The van der Waals surface area contributed by atoms with Gasteiger partial charge in [0.25, 0.3) is 5.91 Å². The summed E-state index contributed by atoms with van der Waals surface area (Å²) >= 11 is 3.74. The maximum absolute atomic E-state index is 11.7. The number of methoxy groups -OCH3 is 1. The summed E-state index contributed by atoms with van der Waals surface area (Å²) in [5.41, 5.74) is 1.16. The number of carbonyl (C=O) groups is 1. The molecule has 1 amide bonds. The number of amides is 1. The second-order valence-electron chi connectivity index (χ2n) is 3.47. The third-order valence-corrected chi connectivity index (χ3v) is 4.46. The Balaban J connectivity index is 2.32. The fraction of sp³-hybridized carbons (Fsp3) is 0.364. The Kier molecular flexibility index (Phi) is 3.76. The van der Waals surface area contributed by atoms with E-state index in [0.717, 1.165) is 5.56 Å². The van der Waals surface area contributed by atoms with Gasteiger partial charge in [-0.1, -0.05) is 30.1 Å². The van der Waals surface area contributed by atoms with Crippen LogP contribution in [0.4, 0.5) is 0 Å². The summed E-state index contributed by atoms with van der Waals surface area (Å²) in [5.74, 6) is 0.0552. The molecule has 0 radical (unpaired) electrons. The lowest BCUT2D eigenvalue weighted by Gasteiger charge is -2.44. The van der Waals surface area contributed by atoms with E-state index in [1.165, 1.54) is 15.5 Å². The van der Waals surface area contributed by atoms with Crippen molar-refractivity contribution in [3.63, 3.8) is 0 Å². The monoisotopic (exact) mass is 349 g/mol. The van der Waals surface area contributed by atoms with Crippen LogP contribution in [-0.2, 0) is 9.53 Å². The van der Waals surface area contributed by atoms with Gasteiger partial charge in [0, 0.05) is 16.9 Å². The molecule has 1 aliphatic rings. The molecule has 0 bridgehead atoms. The standard InChI is InChI=1S/C11H12INO2S/c1-15-10-9(13(16-2)11(10)14)7-5-3-4-6-8(7)12/h3-6,9-10H,1-2H3/t9-,10+/m0/s1. The molecular weight excluding hydrogens is 337 g/mol. The first-order chi connectivity index (χ1) is 7.70. The van der Waals surface area contributed by atoms with Gasteiger partial charge in [0.2, 0.25) is 0 Å². The van der Waals surface area contributed by atoms with Gasteiger partial charge >= 0.3 is 0 Å². The quantitative estimate of drug-likeness (QED) is 0.477. The van der Waals surface area contributed by atoms with Crippen molar-refractivity contribution in [1.82, 2.24) is 4.31 Å². The smallest absolute Gasteiger partial charge is 0.264 e. The predicted molar refractivity (Wildman–Crippen MR) is 73.1 cm³/mol. The molecule has 0 aliphatic carbocycles. The van der Waals surface area contributed by atoms with Crippen LogP contribution in [-0.4, -0.2) is 29.7 Å². The molecule has 1 aromatic carbocycles. The van der Waals surface area contributed by atoms with Gasteiger partial charge in [-0.05, 0) is 34.2 Å². The molecule has 5 heteroatoms. The minimum absolute atomic E-state index is 0.0422. The lowest BCUT2D eigenvalue weighted by molar-refractivity contribution is -0.158. The third-order valence-electron chi connectivity index (χ3n) is 2.67. The molecular formula is C11H12INO2S. The number of nitrogens with zero attached hydrogens (tertiary/aromatic N) is 1. The first-order valence-electron chi connectivity index (χ1n) is 4.85. The van der Waals surface area contributed by atoms with Crippen molar-refractivity contribution in [2.75, 3.05) is 13.4 Å². The average molecular weight is 349 g/mol. The molecule has 3 nitrogen and oxygen atoms in total. The topological polar surface area (TPSA) is 29.5 Å². The summed E-state index contributed by atoms with van der Waals surface area (Å²) in [4.78, 5) is 11.7. The van der Waals surface area contributed by atoms with Crippen LogP contribution >= 0.6 is 34.5 Å². The molecule has 0 aromatic heterocycles. The summed E-state index contributed by atoms with van der Waals surface area (Å²) in [5, 5.41) is 0. The molecule has 0 saturated carbocycles. The number of rotatable bonds is 3. The van der Waals surface area contributed by atoms with Crippen molar-refractivity contribution in [3.8, 4) is 0 Å². The van der Waals surface area contributed by atoms with Gasteiger partial charge in [-0.3, -0.25) is 9.10 Å². The molecule has 0 spiro atoms. The lowest BCUT2D eigenvalue weighted by Crippen LogP contribution is -2.56. The van der Waals surface area contributed by atoms with E-state index >= 15 is 0 Å². The van der Waals surface area contributed by atoms with E-state index in [4.69, 9.17) is 4.74 Å². The SMILES string of the molecule is CO[C@H]1C(=O)N(SC)[C@H]1c1ccccc1I. The van der Waals surface area contributed by atoms with Crippen LogP contribution in [0, 0.1) is 3.57 Å². The Morgan fingerprint density at radius 1 is 1.44 bits per heavy atom. The van der Waals surface area contributed by atoms with Crippen LogP contribution in [0.3, 0.4) is 0 Å². The van der Waals surface area contributed by atoms with E-state index in [1.54, 1.807) is 11.4 Å². The van der Waals surface area contributed by atoms with Gasteiger partial charge in [0.05, 0.1) is 0 Å². The Morgan fingerprint density at radius 3 is 2.69 bits per heavy atom. The van der Waals surface area contributed by atoms with Crippen molar-refractivity contribution < 1.29 is 9.53 Å². The number of carbonyl (C=O) groups excluding carboxylic acids is 1.